The molecule has 0 radical (unpaired) electrons. The number of benzene rings is 2. The molecule has 48 heavy (non-hydrogen) atoms. The largest absolute Gasteiger partial charge is 0.462 e. The van der Waals surface area contributed by atoms with Gasteiger partial charge in [-0.25, -0.2) is 20.1 Å². The number of pyridine rings is 1. The molecule has 5 heterocycles. The van der Waals surface area contributed by atoms with Gasteiger partial charge in [0, 0.05) is 49.4 Å². The molecule has 2 bridgehead atoms. The number of nitrogens with zero attached hydrogens (tertiary/aromatic N) is 7. The summed E-state index contributed by atoms with van der Waals surface area (Å²) < 4.78 is 43.1. The van der Waals surface area contributed by atoms with Gasteiger partial charge in [-0.1, -0.05) is 35.9 Å². The molecular weight excluding hydrogens is 640 g/mol. The highest BCUT2D eigenvalue weighted by Gasteiger charge is 2.39. The van der Waals surface area contributed by atoms with Crippen molar-refractivity contribution in [2.24, 2.45) is 5.92 Å². The van der Waals surface area contributed by atoms with Crippen LogP contribution in [0.1, 0.15) is 33.6 Å². The summed E-state index contributed by atoms with van der Waals surface area (Å²) in [6.07, 6.45) is 3.24. The predicted octanol–water partition coefficient (Wildman–Crippen LogP) is 6.59. The van der Waals surface area contributed by atoms with E-state index in [0.29, 0.717) is 46.6 Å². The Bertz CT molecular complexity index is 1950. The lowest BCUT2D eigenvalue weighted by Crippen LogP contribution is -2.57. The van der Waals surface area contributed by atoms with Crippen LogP contribution in [0.4, 0.5) is 19.4 Å². The van der Waals surface area contributed by atoms with Crippen LogP contribution >= 0.6 is 11.6 Å². The lowest BCUT2D eigenvalue weighted by molar-refractivity contribution is 0.0155. The lowest BCUT2D eigenvalue weighted by Gasteiger charge is -2.40. The number of aromatic nitrogens is 3. The molecule has 4 atom stereocenters. The zero-order valence-electron chi connectivity index (χ0n) is 27.0. The van der Waals surface area contributed by atoms with E-state index >= 15 is 4.39 Å². The SMILES string of the molecule is [C-]#[N+]C[C@H]1CN(c2nc(OC[C@@H]3CC4CCN3C4)nc3c(F)c(-c4cccc5ccc(F)c(Cl)c45)ncc23)CCN1C(=O)OC(C)(C)C. The fourth-order valence-electron chi connectivity index (χ4n) is 7.16. The third-order valence-electron chi connectivity index (χ3n) is 9.39. The van der Waals surface area contributed by atoms with Gasteiger partial charge in [0.2, 0.25) is 6.54 Å². The summed E-state index contributed by atoms with van der Waals surface area (Å²) in [5.41, 5.74) is -0.399. The van der Waals surface area contributed by atoms with Crippen LogP contribution in [0.25, 0.3) is 37.8 Å². The fourth-order valence-corrected chi connectivity index (χ4v) is 7.43. The van der Waals surface area contributed by atoms with Crippen LogP contribution < -0.4 is 9.64 Å². The third kappa shape index (κ3) is 6.05. The van der Waals surface area contributed by atoms with Crippen LogP contribution in [0.2, 0.25) is 5.02 Å². The molecule has 3 aliphatic rings. The Morgan fingerprint density at radius 2 is 1.94 bits per heavy atom. The molecule has 0 N–H and O–H groups in total. The zero-order valence-corrected chi connectivity index (χ0v) is 27.8. The first-order valence-electron chi connectivity index (χ1n) is 16.2. The van der Waals surface area contributed by atoms with Crippen molar-refractivity contribution < 1.29 is 23.0 Å². The van der Waals surface area contributed by atoms with E-state index in [1.54, 1.807) is 49.9 Å². The van der Waals surface area contributed by atoms with Crippen LogP contribution in [-0.4, -0.2) is 94.4 Å². The highest BCUT2D eigenvalue weighted by molar-refractivity contribution is 6.36. The van der Waals surface area contributed by atoms with Gasteiger partial charge in [0.05, 0.1) is 10.4 Å². The first kappa shape index (κ1) is 32.2. The molecule has 10 nitrogen and oxygen atoms in total. The van der Waals surface area contributed by atoms with Crippen LogP contribution in [0, 0.1) is 24.1 Å². The predicted molar refractivity (Wildman–Crippen MR) is 179 cm³/mol. The van der Waals surface area contributed by atoms with Gasteiger partial charge in [0.15, 0.2) is 5.82 Å². The van der Waals surface area contributed by atoms with Gasteiger partial charge < -0.3 is 19.2 Å². The smallest absolute Gasteiger partial charge is 0.410 e. The average molecular weight is 676 g/mol. The van der Waals surface area contributed by atoms with Crippen LogP contribution in [-0.2, 0) is 4.74 Å². The molecule has 3 aliphatic heterocycles. The molecule has 1 amide bonds. The molecule has 0 spiro atoms. The fraction of sp³-hybridized carbons (Fsp3) is 0.457. The Labute approximate surface area is 282 Å². The van der Waals surface area contributed by atoms with Crippen molar-refractivity contribution >= 4 is 45.2 Å². The van der Waals surface area contributed by atoms with Crippen LogP contribution in [0.15, 0.2) is 36.5 Å². The van der Waals surface area contributed by atoms with Gasteiger partial charge in [-0.2, -0.15) is 9.97 Å². The minimum absolute atomic E-state index is 0.00548. The number of ether oxygens (including phenoxy) is 2. The Kier molecular flexibility index (Phi) is 8.46. The van der Waals surface area contributed by atoms with E-state index in [0.717, 1.165) is 19.5 Å². The number of carbonyl (C=O) groups is 1. The van der Waals surface area contributed by atoms with E-state index in [-0.39, 0.29) is 47.9 Å². The topological polar surface area (TPSA) is 88.3 Å². The Balaban J connectivity index is 1.29. The van der Waals surface area contributed by atoms with Gasteiger partial charge in [0.1, 0.15) is 41.1 Å². The normalized spacial score (nSPS) is 22.4. The van der Waals surface area contributed by atoms with Gasteiger partial charge in [-0.3, -0.25) is 14.8 Å². The summed E-state index contributed by atoms with van der Waals surface area (Å²) in [4.78, 5) is 36.4. The van der Waals surface area contributed by atoms with Crippen molar-refractivity contribution in [3.8, 4) is 17.3 Å². The zero-order chi connectivity index (χ0) is 33.7. The highest BCUT2D eigenvalue weighted by atomic mass is 35.5. The first-order valence-corrected chi connectivity index (χ1v) is 16.6. The molecular formula is C35H36ClF2N7O3. The highest BCUT2D eigenvalue weighted by Crippen LogP contribution is 2.39. The maximum atomic E-state index is 16.7. The molecule has 0 aliphatic carbocycles. The van der Waals surface area contributed by atoms with Crippen LogP contribution in [0.3, 0.4) is 0 Å². The lowest BCUT2D eigenvalue weighted by atomic mass is 10.0. The number of carbonyl (C=O) groups excluding carboxylic acids is 1. The molecule has 2 aromatic carbocycles. The van der Waals surface area contributed by atoms with Crippen LogP contribution in [0.5, 0.6) is 6.01 Å². The number of fused-ring (bicyclic) bond motifs is 4. The summed E-state index contributed by atoms with van der Waals surface area (Å²) >= 11 is 6.40. The number of hydrogen-bond donors (Lipinski definition) is 0. The minimum atomic E-state index is -0.720. The van der Waals surface area contributed by atoms with E-state index in [9.17, 15) is 9.18 Å². The molecule has 250 valence electrons. The molecule has 3 fully saturated rings. The number of anilines is 1. The second-order valence-corrected chi connectivity index (χ2v) is 14.1. The number of halogens is 3. The molecule has 7 rings (SSSR count). The standard InChI is InChI=1S/C35H36ClF2N7O3/c1-35(2,3)48-34(46)45-13-12-44(18-23(45)15-39-4)32-25-16-40-30(24-7-5-6-21-8-9-26(37)28(36)27(21)24)29(38)31(25)41-33(42-32)47-19-22-14-20-10-11-43(22)17-20/h5-9,16,20,22-23H,10-15,17-19H2,1-3H3/t20?,22-,23-/m0/s1. The number of amides is 1. The number of rotatable bonds is 6. The van der Waals surface area contributed by atoms with Gasteiger partial charge in [0.25, 0.3) is 0 Å². The number of hydrogen-bond acceptors (Lipinski definition) is 8. The van der Waals surface area contributed by atoms with Crippen molar-refractivity contribution in [1.29, 1.82) is 0 Å². The molecule has 13 heteroatoms. The van der Waals surface area contributed by atoms with E-state index in [2.05, 4.69) is 19.7 Å². The van der Waals surface area contributed by atoms with Crippen molar-refractivity contribution in [3.05, 3.63) is 64.6 Å². The Morgan fingerprint density at radius 3 is 2.67 bits per heavy atom. The van der Waals surface area contributed by atoms with E-state index < -0.39 is 29.4 Å². The van der Waals surface area contributed by atoms with Crippen molar-refractivity contribution in [1.82, 2.24) is 24.8 Å². The molecule has 0 saturated carbocycles. The molecule has 4 aromatic rings. The monoisotopic (exact) mass is 675 g/mol. The minimum Gasteiger partial charge on any atom is -0.462 e. The summed E-state index contributed by atoms with van der Waals surface area (Å²) in [5, 5.41) is 1.21. The second-order valence-electron chi connectivity index (χ2n) is 13.7. The molecule has 2 aromatic heterocycles. The van der Waals surface area contributed by atoms with Crippen molar-refractivity contribution in [2.45, 2.75) is 51.3 Å². The quantitative estimate of drug-likeness (QED) is 0.212. The third-order valence-corrected chi connectivity index (χ3v) is 9.76. The number of piperazine rings is 1. The Hall–Kier alpha value is -4.34. The first-order chi connectivity index (χ1) is 23.0. The van der Waals surface area contributed by atoms with Crippen molar-refractivity contribution in [2.75, 3.05) is 50.8 Å². The maximum absolute atomic E-state index is 16.7. The molecule has 3 saturated heterocycles. The second kappa shape index (κ2) is 12.6. The van der Waals surface area contributed by atoms with Gasteiger partial charge in [-0.15, -0.1) is 0 Å². The summed E-state index contributed by atoms with van der Waals surface area (Å²) in [6.45, 7) is 16.3. The summed E-state index contributed by atoms with van der Waals surface area (Å²) in [5.74, 6) is -0.283. The number of piperidine rings is 1. The average Bonchev–Trinajstić information content (AvgIpc) is 3.69. The Morgan fingerprint density at radius 1 is 1.10 bits per heavy atom. The van der Waals surface area contributed by atoms with E-state index in [1.807, 2.05) is 4.90 Å². The molecule has 2 unspecified atom stereocenters. The van der Waals surface area contributed by atoms with E-state index in [4.69, 9.17) is 32.6 Å². The van der Waals surface area contributed by atoms with Gasteiger partial charge >= 0.3 is 12.1 Å². The maximum Gasteiger partial charge on any atom is 0.410 e. The van der Waals surface area contributed by atoms with Crippen molar-refractivity contribution in [3.63, 3.8) is 0 Å². The summed E-state index contributed by atoms with van der Waals surface area (Å²) in [6, 6.07) is 7.80. The van der Waals surface area contributed by atoms with E-state index in [1.165, 1.54) is 18.7 Å². The summed E-state index contributed by atoms with van der Waals surface area (Å²) in [7, 11) is 0. The van der Waals surface area contributed by atoms with Gasteiger partial charge in [-0.05, 0) is 57.5 Å².